The second-order valence-corrected chi connectivity index (χ2v) is 8.24. The molecule has 0 aliphatic rings. The molecule has 0 saturated heterocycles. The highest BCUT2D eigenvalue weighted by Crippen LogP contribution is 2.34. The second kappa shape index (κ2) is 8.87. The molecule has 0 aliphatic carbocycles. The van der Waals surface area contributed by atoms with Crippen molar-refractivity contribution in [2.45, 2.75) is 26.3 Å². The predicted octanol–water partition coefficient (Wildman–Crippen LogP) is 5.29. The molecule has 1 N–H and O–H groups in total. The highest BCUT2D eigenvalue weighted by atomic mass is 79.9. The topological polar surface area (TPSA) is 73.2 Å². The molecule has 1 amide bonds. The summed E-state index contributed by atoms with van der Waals surface area (Å²) in [7, 11) is 0. The van der Waals surface area contributed by atoms with Gasteiger partial charge in [-0.25, -0.2) is 9.48 Å². The van der Waals surface area contributed by atoms with Crippen molar-refractivity contribution >= 4 is 54.4 Å². The zero-order valence-corrected chi connectivity index (χ0v) is 18.6. The number of nitrogens with one attached hydrogen (secondary N) is 1. The lowest BCUT2D eigenvalue weighted by atomic mass is 10.0. The first-order chi connectivity index (χ1) is 13.4. The number of carbonyl (C=O) groups is 1. The van der Waals surface area contributed by atoms with Crippen LogP contribution in [0.5, 0.6) is 0 Å². The van der Waals surface area contributed by atoms with Crippen LogP contribution in [0.4, 0.5) is 10.5 Å². The number of benzene rings is 2. The number of hydrogen-bond acceptors (Lipinski definition) is 4. The van der Waals surface area contributed by atoms with Crippen molar-refractivity contribution in [2.75, 3.05) is 11.9 Å². The summed E-state index contributed by atoms with van der Waals surface area (Å²) in [6.45, 7) is 4.39. The van der Waals surface area contributed by atoms with Crippen LogP contribution in [0.1, 0.15) is 25.3 Å². The van der Waals surface area contributed by atoms with E-state index in [1.54, 1.807) is 18.3 Å². The first-order valence-electron chi connectivity index (χ1n) is 8.74. The van der Waals surface area contributed by atoms with E-state index < -0.39 is 6.09 Å². The van der Waals surface area contributed by atoms with Gasteiger partial charge in [-0.2, -0.15) is 5.10 Å². The van der Waals surface area contributed by atoms with E-state index in [1.165, 1.54) is 4.68 Å². The van der Waals surface area contributed by atoms with Crippen molar-refractivity contribution in [2.24, 2.45) is 0 Å². The molecule has 8 heteroatoms. The maximum atomic E-state index is 12.4. The molecule has 0 atom stereocenters. The number of amides is 1. The van der Waals surface area contributed by atoms with Gasteiger partial charge in [-0.15, -0.1) is 0 Å². The number of hydrogen-bond donors (Lipinski definition) is 1. The monoisotopic (exact) mass is 507 g/mol. The number of anilines is 1. The molecule has 0 spiro atoms. The summed E-state index contributed by atoms with van der Waals surface area (Å²) in [4.78, 5) is 24.5. The standard InChI is InChI=1S/C20H19Br2N3O3/c1-12(2)14-9-16(21)18(17(22)10-14)24-20(27)28-8-7-25-19(26)15-6-4-3-5-13(15)11-23-25/h3-6,9-12H,7-8H2,1-2H3,(H,24,27). The lowest BCUT2D eigenvalue weighted by Gasteiger charge is -2.14. The number of nitrogens with zero attached hydrogens (tertiary/aromatic N) is 2. The third kappa shape index (κ3) is 4.62. The smallest absolute Gasteiger partial charge is 0.411 e. The molecule has 1 heterocycles. The van der Waals surface area contributed by atoms with E-state index in [0.717, 1.165) is 19.9 Å². The molecule has 146 valence electrons. The van der Waals surface area contributed by atoms with E-state index in [1.807, 2.05) is 24.3 Å². The van der Waals surface area contributed by atoms with Crippen molar-refractivity contribution in [1.82, 2.24) is 9.78 Å². The summed E-state index contributed by atoms with van der Waals surface area (Å²) < 4.78 is 8.02. The molecule has 0 radical (unpaired) electrons. The fourth-order valence-corrected chi connectivity index (χ4v) is 4.12. The first kappa shape index (κ1) is 20.5. The Hall–Kier alpha value is -2.19. The molecule has 0 unspecified atom stereocenters. The maximum Gasteiger partial charge on any atom is 0.411 e. The summed E-state index contributed by atoms with van der Waals surface area (Å²) in [5.74, 6) is 0.362. The number of fused-ring (bicyclic) bond motifs is 1. The number of ether oxygens (including phenoxy) is 1. The summed E-state index contributed by atoms with van der Waals surface area (Å²) in [5.41, 5.74) is 1.52. The fourth-order valence-electron chi connectivity index (χ4n) is 2.70. The minimum Gasteiger partial charge on any atom is -0.447 e. The van der Waals surface area contributed by atoms with Gasteiger partial charge < -0.3 is 4.74 Å². The van der Waals surface area contributed by atoms with Crippen molar-refractivity contribution in [3.8, 4) is 0 Å². The Balaban J connectivity index is 1.63. The Bertz CT molecular complexity index is 1060. The first-order valence-corrected chi connectivity index (χ1v) is 10.3. The third-order valence-electron chi connectivity index (χ3n) is 4.26. The van der Waals surface area contributed by atoms with Gasteiger partial charge in [0, 0.05) is 14.3 Å². The van der Waals surface area contributed by atoms with Crippen LogP contribution in [0.3, 0.4) is 0 Å². The van der Waals surface area contributed by atoms with Gasteiger partial charge in [-0.1, -0.05) is 32.0 Å². The number of halogens is 2. The van der Waals surface area contributed by atoms with E-state index in [4.69, 9.17) is 4.74 Å². The molecule has 3 aromatic rings. The zero-order chi connectivity index (χ0) is 20.3. The lowest BCUT2D eigenvalue weighted by molar-refractivity contribution is 0.155. The molecular weight excluding hydrogens is 490 g/mol. The normalized spacial score (nSPS) is 11.0. The summed E-state index contributed by atoms with van der Waals surface area (Å²) in [6.07, 6.45) is 1.02. The molecule has 6 nitrogen and oxygen atoms in total. The Kier molecular flexibility index (Phi) is 6.51. The van der Waals surface area contributed by atoms with E-state index in [-0.39, 0.29) is 18.7 Å². The van der Waals surface area contributed by atoms with Gasteiger partial charge in [0.15, 0.2) is 0 Å². The molecule has 28 heavy (non-hydrogen) atoms. The van der Waals surface area contributed by atoms with Gasteiger partial charge in [-0.3, -0.25) is 10.1 Å². The largest absolute Gasteiger partial charge is 0.447 e. The van der Waals surface area contributed by atoms with Crippen LogP contribution in [-0.4, -0.2) is 22.5 Å². The summed E-state index contributed by atoms with van der Waals surface area (Å²) in [6, 6.07) is 11.2. The van der Waals surface area contributed by atoms with Crippen LogP contribution >= 0.6 is 31.9 Å². The number of aromatic nitrogens is 2. The lowest BCUT2D eigenvalue weighted by Crippen LogP contribution is -2.26. The van der Waals surface area contributed by atoms with Crippen molar-refractivity contribution in [1.29, 1.82) is 0 Å². The van der Waals surface area contributed by atoms with Gasteiger partial charge >= 0.3 is 6.09 Å². The third-order valence-corrected chi connectivity index (χ3v) is 5.51. The van der Waals surface area contributed by atoms with Crippen LogP contribution in [0.2, 0.25) is 0 Å². The van der Waals surface area contributed by atoms with Crippen molar-refractivity contribution in [3.63, 3.8) is 0 Å². The van der Waals surface area contributed by atoms with E-state index >= 15 is 0 Å². The van der Waals surface area contributed by atoms with Crippen molar-refractivity contribution < 1.29 is 9.53 Å². The fraction of sp³-hybridized carbons (Fsp3) is 0.250. The van der Waals surface area contributed by atoms with E-state index in [9.17, 15) is 9.59 Å². The summed E-state index contributed by atoms with van der Waals surface area (Å²) in [5, 5.41) is 8.19. The van der Waals surface area contributed by atoms with Crippen LogP contribution in [0.15, 0.2) is 56.3 Å². The minimum absolute atomic E-state index is 0.0242. The molecule has 0 saturated carbocycles. The summed E-state index contributed by atoms with van der Waals surface area (Å²) >= 11 is 6.95. The van der Waals surface area contributed by atoms with Crippen LogP contribution in [0, 0.1) is 0 Å². The van der Waals surface area contributed by atoms with Crippen molar-refractivity contribution in [3.05, 3.63) is 67.5 Å². The molecule has 3 rings (SSSR count). The average Bonchev–Trinajstić information content (AvgIpc) is 2.66. The Morgan fingerprint density at radius 2 is 1.89 bits per heavy atom. The molecular formula is C20H19Br2N3O3. The minimum atomic E-state index is -0.604. The van der Waals surface area contributed by atoms with Gasteiger partial charge in [-0.05, 0) is 61.5 Å². The highest BCUT2D eigenvalue weighted by molar-refractivity contribution is 9.11. The molecule has 0 fully saturated rings. The quantitative estimate of drug-likeness (QED) is 0.508. The van der Waals surface area contributed by atoms with Crippen LogP contribution in [-0.2, 0) is 11.3 Å². The van der Waals surface area contributed by atoms with E-state index in [0.29, 0.717) is 17.0 Å². The Morgan fingerprint density at radius 1 is 1.21 bits per heavy atom. The molecule has 0 bridgehead atoms. The van der Waals surface area contributed by atoms with Gasteiger partial charge in [0.1, 0.15) is 6.61 Å². The molecule has 1 aromatic heterocycles. The zero-order valence-electron chi connectivity index (χ0n) is 15.4. The Morgan fingerprint density at radius 3 is 2.57 bits per heavy atom. The number of carbonyl (C=O) groups excluding carboxylic acids is 1. The second-order valence-electron chi connectivity index (χ2n) is 6.54. The highest BCUT2D eigenvalue weighted by Gasteiger charge is 2.13. The maximum absolute atomic E-state index is 12.4. The average molecular weight is 509 g/mol. The SMILES string of the molecule is CC(C)c1cc(Br)c(NC(=O)OCCn2ncc3ccccc3c2=O)c(Br)c1. The Labute approximate surface area is 179 Å². The van der Waals surface area contributed by atoms with E-state index in [2.05, 4.69) is 56.1 Å². The number of rotatable bonds is 5. The predicted molar refractivity (Wildman–Crippen MR) is 117 cm³/mol. The van der Waals surface area contributed by atoms with Gasteiger partial charge in [0.05, 0.1) is 23.8 Å². The van der Waals surface area contributed by atoms with Gasteiger partial charge in [0.25, 0.3) is 5.56 Å². The molecule has 2 aromatic carbocycles. The van der Waals surface area contributed by atoms with Crippen LogP contribution < -0.4 is 10.9 Å². The van der Waals surface area contributed by atoms with Gasteiger partial charge in [0.2, 0.25) is 0 Å². The molecule has 0 aliphatic heterocycles. The van der Waals surface area contributed by atoms with Crippen LogP contribution in [0.25, 0.3) is 10.8 Å².